The highest BCUT2D eigenvalue weighted by Gasteiger charge is 2.41. The first-order chi connectivity index (χ1) is 10.2. The van der Waals surface area contributed by atoms with Crippen LogP contribution in [0.15, 0.2) is 22.8 Å². The number of carbonyl (C=O) groups excluding carboxylic acids is 3. The fourth-order valence-corrected chi connectivity index (χ4v) is 3.68. The summed E-state index contributed by atoms with van der Waals surface area (Å²) in [4.78, 5) is 37.2. The minimum atomic E-state index is -0.302. The summed E-state index contributed by atoms with van der Waals surface area (Å²) in [6.07, 6.45) is 4.87. The van der Waals surface area contributed by atoms with E-state index in [4.69, 9.17) is 4.42 Å². The van der Waals surface area contributed by atoms with Crippen molar-refractivity contribution < 1.29 is 18.8 Å². The Morgan fingerprint density at radius 1 is 1.33 bits per heavy atom. The number of imide groups is 1. The Hall–Kier alpha value is -1.76. The van der Waals surface area contributed by atoms with Crippen molar-refractivity contribution in [3.05, 3.63) is 24.2 Å². The number of nitrogens with zero attached hydrogens (tertiary/aromatic N) is 1. The van der Waals surface area contributed by atoms with Crippen molar-refractivity contribution in [3.8, 4) is 0 Å². The molecule has 1 aromatic heterocycles. The van der Waals surface area contributed by atoms with Crippen LogP contribution in [0.2, 0.25) is 0 Å². The number of thioether (sulfide) groups is 1. The summed E-state index contributed by atoms with van der Waals surface area (Å²) in [6, 6.07) is 2.79. The van der Waals surface area contributed by atoms with Crippen LogP contribution < -0.4 is 5.32 Å². The van der Waals surface area contributed by atoms with Crippen LogP contribution in [0.5, 0.6) is 0 Å². The molecule has 3 amide bonds. The molecule has 1 aliphatic heterocycles. The van der Waals surface area contributed by atoms with Crippen molar-refractivity contribution in [3.63, 3.8) is 0 Å². The van der Waals surface area contributed by atoms with E-state index in [9.17, 15) is 14.4 Å². The van der Waals surface area contributed by atoms with Crippen molar-refractivity contribution in [1.82, 2.24) is 10.2 Å². The third-order valence-corrected chi connectivity index (χ3v) is 4.74. The molecule has 0 spiro atoms. The molecule has 1 N–H and O–H groups in total. The summed E-state index contributed by atoms with van der Waals surface area (Å²) < 4.78 is 5.08. The first-order valence-corrected chi connectivity index (χ1v) is 7.98. The van der Waals surface area contributed by atoms with Gasteiger partial charge in [-0.3, -0.25) is 19.3 Å². The number of hydrogen-bond acceptors (Lipinski definition) is 5. The molecule has 1 aromatic rings. The zero-order valence-corrected chi connectivity index (χ0v) is 12.2. The molecular weight excluding hydrogens is 292 g/mol. The molecule has 7 heteroatoms. The number of amides is 3. The van der Waals surface area contributed by atoms with Gasteiger partial charge < -0.3 is 9.73 Å². The molecule has 1 saturated carbocycles. The molecule has 21 heavy (non-hydrogen) atoms. The van der Waals surface area contributed by atoms with Crippen LogP contribution in [0.4, 0.5) is 4.79 Å². The second-order valence-corrected chi connectivity index (χ2v) is 6.15. The first kappa shape index (κ1) is 14.2. The van der Waals surface area contributed by atoms with Gasteiger partial charge in [-0.2, -0.15) is 0 Å². The maximum absolute atomic E-state index is 12.1. The van der Waals surface area contributed by atoms with Crippen LogP contribution in [0, 0.1) is 0 Å². The van der Waals surface area contributed by atoms with Crippen molar-refractivity contribution in [2.24, 2.45) is 0 Å². The summed E-state index contributed by atoms with van der Waals surface area (Å²) in [5.41, 5.74) is 0. The van der Waals surface area contributed by atoms with Crippen LogP contribution in [0.3, 0.4) is 0 Å². The largest absolute Gasteiger partial charge is 0.459 e. The highest BCUT2D eigenvalue weighted by atomic mass is 32.2. The minimum Gasteiger partial charge on any atom is -0.459 e. The molecule has 2 aliphatic rings. The van der Waals surface area contributed by atoms with Crippen LogP contribution in [0.25, 0.3) is 0 Å². The maximum atomic E-state index is 12.1. The highest BCUT2D eigenvalue weighted by molar-refractivity contribution is 8.14. The molecule has 1 aliphatic carbocycles. The third kappa shape index (κ3) is 2.83. The Bertz CT molecular complexity index is 541. The normalized spacial score (nSPS) is 26.2. The van der Waals surface area contributed by atoms with Crippen LogP contribution >= 0.6 is 11.8 Å². The predicted molar refractivity (Wildman–Crippen MR) is 76.9 cm³/mol. The number of hydrogen-bond donors (Lipinski definition) is 1. The Balaban J connectivity index is 1.74. The van der Waals surface area contributed by atoms with Gasteiger partial charge in [-0.1, -0.05) is 24.6 Å². The van der Waals surface area contributed by atoms with E-state index in [1.165, 1.54) is 11.2 Å². The van der Waals surface area contributed by atoms with E-state index in [0.717, 1.165) is 37.4 Å². The quantitative estimate of drug-likeness (QED) is 0.924. The Morgan fingerprint density at radius 2 is 2.14 bits per heavy atom. The molecule has 1 saturated heterocycles. The van der Waals surface area contributed by atoms with Crippen molar-refractivity contribution >= 4 is 28.8 Å². The molecule has 2 fully saturated rings. The van der Waals surface area contributed by atoms with Gasteiger partial charge in [0.2, 0.25) is 5.91 Å². The number of carbonyl (C=O) groups is 3. The summed E-state index contributed by atoms with van der Waals surface area (Å²) in [5, 5.41) is 2.70. The number of nitrogens with one attached hydrogen (secondary N) is 1. The van der Waals surface area contributed by atoms with Gasteiger partial charge in [0, 0.05) is 0 Å². The van der Waals surface area contributed by atoms with Crippen molar-refractivity contribution in [2.75, 3.05) is 5.75 Å². The Morgan fingerprint density at radius 3 is 2.81 bits per heavy atom. The maximum Gasteiger partial charge on any atom is 0.289 e. The van der Waals surface area contributed by atoms with E-state index in [2.05, 4.69) is 5.32 Å². The minimum absolute atomic E-state index is 0.158. The summed E-state index contributed by atoms with van der Waals surface area (Å²) in [7, 11) is 0. The fraction of sp³-hybridized carbons (Fsp3) is 0.500. The van der Waals surface area contributed by atoms with Gasteiger partial charge >= 0.3 is 0 Å². The third-order valence-electron chi connectivity index (χ3n) is 3.91. The zero-order chi connectivity index (χ0) is 14.8. The van der Waals surface area contributed by atoms with Gasteiger partial charge in [-0.15, -0.1) is 0 Å². The van der Waals surface area contributed by atoms with E-state index in [1.807, 2.05) is 0 Å². The lowest BCUT2D eigenvalue weighted by Gasteiger charge is -2.36. The van der Waals surface area contributed by atoms with Crippen molar-refractivity contribution in [1.29, 1.82) is 0 Å². The predicted octanol–water partition coefficient (Wildman–Crippen LogP) is 2.02. The molecule has 2 heterocycles. The fourth-order valence-electron chi connectivity index (χ4n) is 2.92. The topological polar surface area (TPSA) is 79.6 Å². The molecular formula is C14H16N2O4S. The molecule has 0 aromatic carbocycles. The van der Waals surface area contributed by atoms with Gasteiger partial charge in [-0.25, -0.2) is 0 Å². The zero-order valence-electron chi connectivity index (χ0n) is 11.4. The van der Waals surface area contributed by atoms with E-state index < -0.39 is 0 Å². The standard InChI is InChI=1S/C14H16N2O4S/c17-12-8-21-14(19)16(12)10-5-2-1-4-9(10)15-13(18)11-6-3-7-20-11/h3,6-7,9-10H,1-2,4-5,8H2,(H,15,18)/t9-,10+/m1/s1. The lowest BCUT2D eigenvalue weighted by Crippen LogP contribution is -2.54. The molecule has 0 radical (unpaired) electrons. The Labute approximate surface area is 126 Å². The number of rotatable bonds is 3. The van der Waals surface area contributed by atoms with Crippen LogP contribution in [-0.4, -0.2) is 39.8 Å². The molecule has 3 rings (SSSR count). The van der Waals surface area contributed by atoms with Gasteiger partial charge in [0.15, 0.2) is 5.76 Å². The van der Waals surface area contributed by atoms with E-state index in [-0.39, 0.29) is 40.7 Å². The molecule has 112 valence electrons. The smallest absolute Gasteiger partial charge is 0.289 e. The summed E-state index contributed by atoms with van der Waals surface area (Å²) in [5.74, 6) is -0.0145. The summed E-state index contributed by atoms with van der Waals surface area (Å²) >= 11 is 1.03. The number of furan rings is 1. The average molecular weight is 308 g/mol. The average Bonchev–Trinajstić information content (AvgIpc) is 3.11. The van der Waals surface area contributed by atoms with Gasteiger partial charge in [0.25, 0.3) is 11.1 Å². The van der Waals surface area contributed by atoms with Crippen LogP contribution in [0.1, 0.15) is 36.2 Å². The second kappa shape index (κ2) is 5.93. The molecule has 2 atom stereocenters. The second-order valence-electron chi connectivity index (χ2n) is 5.23. The first-order valence-electron chi connectivity index (χ1n) is 7.00. The lowest BCUT2D eigenvalue weighted by molar-refractivity contribution is -0.127. The van der Waals surface area contributed by atoms with Gasteiger partial charge in [-0.05, 0) is 25.0 Å². The van der Waals surface area contributed by atoms with Crippen LogP contribution in [-0.2, 0) is 4.79 Å². The highest BCUT2D eigenvalue weighted by Crippen LogP contribution is 2.30. The lowest BCUT2D eigenvalue weighted by atomic mass is 9.89. The monoisotopic (exact) mass is 308 g/mol. The van der Waals surface area contributed by atoms with E-state index in [0.29, 0.717) is 0 Å². The SMILES string of the molecule is O=C(N[C@@H]1CCCC[C@@H]1N1C(=O)CSC1=O)c1ccco1. The van der Waals surface area contributed by atoms with Gasteiger partial charge in [0.1, 0.15) is 0 Å². The Kier molecular flexibility index (Phi) is 4.01. The van der Waals surface area contributed by atoms with E-state index >= 15 is 0 Å². The summed E-state index contributed by atoms with van der Waals surface area (Å²) in [6.45, 7) is 0. The van der Waals surface area contributed by atoms with Gasteiger partial charge in [0.05, 0.1) is 24.1 Å². The molecule has 0 bridgehead atoms. The molecule has 6 nitrogen and oxygen atoms in total. The molecule has 0 unspecified atom stereocenters. The van der Waals surface area contributed by atoms with E-state index in [1.54, 1.807) is 12.1 Å². The van der Waals surface area contributed by atoms with Crippen molar-refractivity contribution in [2.45, 2.75) is 37.8 Å².